The summed E-state index contributed by atoms with van der Waals surface area (Å²) in [6.45, 7) is 3.55. The van der Waals surface area contributed by atoms with E-state index < -0.39 is 12.0 Å². The van der Waals surface area contributed by atoms with Crippen LogP contribution in [0.3, 0.4) is 0 Å². The van der Waals surface area contributed by atoms with Gasteiger partial charge in [0.1, 0.15) is 5.75 Å². The number of anilines is 1. The largest absolute Gasteiger partial charge is 0.489 e. The van der Waals surface area contributed by atoms with Crippen molar-refractivity contribution in [1.29, 1.82) is 0 Å². The number of hydrogen-bond acceptors (Lipinski definition) is 3. The van der Waals surface area contributed by atoms with E-state index in [-0.39, 0.29) is 27.6 Å². The topological polar surface area (TPSA) is 59.6 Å². The Balaban J connectivity index is 3.01. The SMILES string of the molecule is CC(C)Oc1cc(N/N=C(\N)C(F)(F)F)c(Cl)cc1Cl. The molecule has 0 bridgehead atoms. The van der Waals surface area contributed by atoms with E-state index >= 15 is 0 Å². The van der Waals surface area contributed by atoms with Crippen LogP contribution in [0, 0.1) is 0 Å². The van der Waals surface area contributed by atoms with Gasteiger partial charge in [-0.15, -0.1) is 0 Å². The Bertz CT molecular complexity index is 518. The Morgan fingerprint density at radius 2 is 1.90 bits per heavy atom. The first-order valence-corrected chi connectivity index (χ1v) is 6.19. The standard InChI is InChI=1S/C11H12Cl2F3N3O/c1-5(2)20-9-4-8(6(12)3-7(9)13)18-19-10(17)11(14,15)16/h3-5,18H,1-2H3,(H2,17,19). The summed E-state index contributed by atoms with van der Waals surface area (Å²) in [5.74, 6) is -1.25. The molecule has 0 unspecified atom stereocenters. The van der Waals surface area contributed by atoms with Crippen molar-refractivity contribution in [3.8, 4) is 5.75 Å². The number of rotatable bonds is 4. The second kappa shape index (κ2) is 6.41. The highest BCUT2D eigenvalue weighted by Crippen LogP contribution is 2.35. The predicted molar refractivity (Wildman–Crippen MR) is 73.5 cm³/mol. The van der Waals surface area contributed by atoms with Gasteiger partial charge in [0, 0.05) is 6.07 Å². The molecule has 0 aliphatic heterocycles. The van der Waals surface area contributed by atoms with Gasteiger partial charge in [0.25, 0.3) is 0 Å². The van der Waals surface area contributed by atoms with Gasteiger partial charge in [0.2, 0.25) is 5.84 Å². The maximum atomic E-state index is 12.2. The monoisotopic (exact) mass is 329 g/mol. The van der Waals surface area contributed by atoms with Crippen LogP contribution in [0.1, 0.15) is 13.8 Å². The van der Waals surface area contributed by atoms with E-state index in [9.17, 15) is 13.2 Å². The summed E-state index contributed by atoms with van der Waals surface area (Å²) in [7, 11) is 0. The van der Waals surface area contributed by atoms with E-state index in [1.54, 1.807) is 13.8 Å². The molecular weight excluding hydrogens is 318 g/mol. The maximum absolute atomic E-state index is 12.2. The summed E-state index contributed by atoms with van der Waals surface area (Å²) in [6, 6.07) is 2.68. The molecule has 20 heavy (non-hydrogen) atoms. The minimum atomic E-state index is -4.72. The van der Waals surface area contributed by atoms with E-state index in [1.165, 1.54) is 12.1 Å². The van der Waals surface area contributed by atoms with Gasteiger partial charge in [-0.1, -0.05) is 23.2 Å². The van der Waals surface area contributed by atoms with Crippen molar-refractivity contribution in [2.75, 3.05) is 5.43 Å². The Morgan fingerprint density at radius 3 is 2.40 bits per heavy atom. The van der Waals surface area contributed by atoms with Crippen molar-refractivity contribution in [2.45, 2.75) is 26.1 Å². The Hall–Kier alpha value is -1.34. The number of halogens is 5. The number of alkyl halides is 3. The lowest BCUT2D eigenvalue weighted by Crippen LogP contribution is -2.32. The van der Waals surface area contributed by atoms with Crippen LogP contribution in [0.15, 0.2) is 17.2 Å². The number of nitrogens with two attached hydrogens (primary N) is 1. The summed E-state index contributed by atoms with van der Waals surface area (Å²) < 4.78 is 42.0. The predicted octanol–water partition coefficient (Wildman–Crippen LogP) is 4.03. The second-order valence-electron chi connectivity index (χ2n) is 4.04. The van der Waals surface area contributed by atoms with Crippen molar-refractivity contribution in [3.63, 3.8) is 0 Å². The van der Waals surface area contributed by atoms with E-state index in [1.807, 2.05) is 0 Å². The van der Waals surface area contributed by atoms with Crippen molar-refractivity contribution in [1.82, 2.24) is 0 Å². The number of hydrazone groups is 1. The van der Waals surface area contributed by atoms with Crippen molar-refractivity contribution < 1.29 is 17.9 Å². The zero-order valence-electron chi connectivity index (χ0n) is 10.6. The van der Waals surface area contributed by atoms with Crippen molar-refractivity contribution in [3.05, 3.63) is 22.2 Å². The Labute approximate surface area is 123 Å². The highest BCUT2D eigenvalue weighted by Gasteiger charge is 2.33. The molecular formula is C11H12Cl2F3N3O. The molecule has 0 saturated carbocycles. The van der Waals surface area contributed by atoms with Crippen molar-refractivity contribution >= 4 is 34.7 Å². The molecule has 9 heteroatoms. The molecule has 3 N–H and O–H groups in total. The second-order valence-corrected chi connectivity index (χ2v) is 4.85. The van der Waals surface area contributed by atoms with Crippen LogP contribution in [0.25, 0.3) is 0 Å². The van der Waals surface area contributed by atoms with Crippen LogP contribution < -0.4 is 15.9 Å². The summed E-state index contributed by atoms with van der Waals surface area (Å²) in [6.07, 6.45) is -4.88. The van der Waals surface area contributed by atoms with Gasteiger partial charge >= 0.3 is 6.18 Å². The highest BCUT2D eigenvalue weighted by atomic mass is 35.5. The van der Waals surface area contributed by atoms with Gasteiger partial charge in [-0.3, -0.25) is 5.43 Å². The zero-order valence-corrected chi connectivity index (χ0v) is 12.1. The van der Waals surface area contributed by atoms with Crippen molar-refractivity contribution in [2.24, 2.45) is 10.8 Å². The Kier molecular flexibility index (Phi) is 5.35. The normalized spacial score (nSPS) is 12.7. The van der Waals surface area contributed by atoms with Crippen LogP contribution >= 0.6 is 23.2 Å². The molecule has 0 saturated heterocycles. The van der Waals surface area contributed by atoms with Gasteiger partial charge < -0.3 is 10.5 Å². The third-order valence-corrected chi connectivity index (χ3v) is 2.58. The fourth-order valence-corrected chi connectivity index (χ4v) is 1.61. The average Bonchev–Trinajstić information content (AvgIpc) is 2.28. The summed E-state index contributed by atoms with van der Waals surface area (Å²) in [5.41, 5.74) is 6.99. The van der Waals surface area contributed by atoms with Gasteiger partial charge in [-0.25, -0.2) is 0 Å². The number of nitrogens with zero attached hydrogens (tertiary/aromatic N) is 1. The molecule has 0 atom stereocenters. The lowest BCUT2D eigenvalue weighted by atomic mass is 10.3. The van der Waals surface area contributed by atoms with Crippen LogP contribution in [-0.4, -0.2) is 18.1 Å². The van der Waals surface area contributed by atoms with Crippen LogP contribution in [0.5, 0.6) is 5.75 Å². The molecule has 4 nitrogen and oxygen atoms in total. The summed E-state index contributed by atoms with van der Waals surface area (Å²) in [5, 5.41) is 3.34. The number of nitrogens with one attached hydrogen (secondary N) is 1. The van der Waals surface area contributed by atoms with Crippen LogP contribution in [0.2, 0.25) is 10.0 Å². The molecule has 1 aromatic carbocycles. The first-order chi connectivity index (χ1) is 9.11. The molecule has 1 aromatic rings. The first-order valence-electron chi connectivity index (χ1n) is 5.43. The molecule has 0 fully saturated rings. The number of amidine groups is 1. The lowest BCUT2D eigenvalue weighted by Gasteiger charge is -2.14. The summed E-state index contributed by atoms with van der Waals surface area (Å²) in [4.78, 5) is 0. The first kappa shape index (κ1) is 16.7. The molecule has 0 aliphatic carbocycles. The summed E-state index contributed by atoms with van der Waals surface area (Å²) >= 11 is 11.7. The van der Waals surface area contributed by atoms with Gasteiger partial charge in [0.05, 0.1) is 21.8 Å². The van der Waals surface area contributed by atoms with Crippen LogP contribution in [-0.2, 0) is 0 Å². The van der Waals surface area contributed by atoms with E-state index in [0.717, 1.165) is 0 Å². The third-order valence-electron chi connectivity index (χ3n) is 1.97. The minimum absolute atomic E-state index is 0.0878. The molecule has 112 valence electrons. The van der Waals surface area contributed by atoms with E-state index in [0.29, 0.717) is 0 Å². The fraction of sp³-hybridized carbons (Fsp3) is 0.364. The molecule has 0 heterocycles. The average molecular weight is 330 g/mol. The zero-order chi connectivity index (χ0) is 15.5. The molecule has 1 rings (SSSR count). The molecule has 0 aromatic heterocycles. The van der Waals surface area contributed by atoms with E-state index in [4.69, 9.17) is 33.7 Å². The molecule has 0 amide bonds. The Morgan fingerprint density at radius 1 is 1.30 bits per heavy atom. The number of hydrogen-bond donors (Lipinski definition) is 2. The van der Waals surface area contributed by atoms with Gasteiger partial charge in [-0.05, 0) is 19.9 Å². The molecule has 0 radical (unpaired) electrons. The molecule has 0 aliphatic rings. The third kappa shape index (κ3) is 4.64. The smallest absolute Gasteiger partial charge is 0.450 e. The lowest BCUT2D eigenvalue weighted by molar-refractivity contribution is -0.0599. The maximum Gasteiger partial charge on any atom is 0.450 e. The van der Waals surface area contributed by atoms with Gasteiger partial charge in [-0.2, -0.15) is 18.3 Å². The van der Waals surface area contributed by atoms with Gasteiger partial charge in [0.15, 0.2) is 0 Å². The quantitative estimate of drug-likeness (QED) is 0.498. The fourth-order valence-electron chi connectivity index (χ4n) is 1.14. The highest BCUT2D eigenvalue weighted by molar-refractivity contribution is 6.37. The number of ether oxygens (including phenoxy) is 1. The number of benzene rings is 1. The minimum Gasteiger partial charge on any atom is -0.489 e. The van der Waals surface area contributed by atoms with Crippen LogP contribution in [0.4, 0.5) is 18.9 Å². The molecule has 0 spiro atoms. The van der Waals surface area contributed by atoms with E-state index in [2.05, 4.69) is 10.5 Å².